The standard InChI is InChI=1S/C27H23ClN2O2/c1-16-8-9-20(14-17(16)2)24-25(29-13-12-19-6-4-5-7-23(19)29)27(32)30(26(24)31)22-11-10-21(28)15-18(22)3/h4-11,14-15H,12-13H2,1-3H3. The van der Waals surface area contributed by atoms with Crippen LogP contribution in [0.15, 0.2) is 66.4 Å². The summed E-state index contributed by atoms with van der Waals surface area (Å²) in [5.74, 6) is -0.603. The molecule has 4 nitrogen and oxygen atoms in total. The molecule has 0 unspecified atom stereocenters. The maximum absolute atomic E-state index is 13.9. The van der Waals surface area contributed by atoms with Crippen LogP contribution in [-0.4, -0.2) is 18.4 Å². The number of hydrogen-bond donors (Lipinski definition) is 0. The third kappa shape index (κ3) is 3.14. The molecule has 0 fully saturated rings. The largest absolute Gasteiger partial charge is 0.336 e. The van der Waals surface area contributed by atoms with Crippen LogP contribution in [0, 0.1) is 20.8 Å². The summed E-state index contributed by atoms with van der Waals surface area (Å²) in [6.07, 6.45) is 0.835. The number of para-hydroxylation sites is 1. The van der Waals surface area contributed by atoms with Crippen LogP contribution in [0.1, 0.15) is 27.8 Å². The van der Waals surface area contributed by atoms with Crippen LogP contribution in [0.5, 0.6) is 0 Å². The minimum absolute atomic E-state index is 0.301. The molecule has 0 aliphatic carbocycles. The van der Waals surface area contributed by atoms with Gasteiger partial charge in [0.25, 0.3) is 11.8 Å². The molecule has 0 saturated carbocycles. The average Bonchev–Trinajstić information content (AvgIpc) is 3.29. The summed E-state index contributed by atoms with van der Waals surface area (Å²) in [4.78, 5) is 31.0. The van der Waals surface area contributed by atoms with Gasteiger partial charge in [-0.25, -0.2) is 4.90 Å². The summed E-state index contributed by atoms with van der Waals surface area (Å²) in [7, 11) is 0. The quantitative estimate of drug-likeness (QED) is 0.495. The molecular weight excluding hydrogens is 420 g/mol. The second-order valence-electron chi connectivity index (χ2n) is 8.43. The average molecular weight is 443 g/mol. The second-order valence-corrected chi connectivity index (χ2v) is 8.87. The van der Waals surface area contributed by atoms with Crippen LogP contribution in [0.4, 0.5) is 11.4 Å². The van der Waals surface area contributed by atoms with E-state index < -0.39 is 0 Å². The van der Waals surface area contributed by atoms with Crippen LogP contribution < -0.4 is 9.80 Å². The fraction of sp³-hybridized carbons (Fsp3) is 0.185. The number of nitrogens with zero attached hydrogens (tertiary/aromatic N) is 2. The lowest BCUT2D eigenvalue weighted by molar-refractivity contribution is -0.120. The zero-order valence-electron chi connectivity index (χ0n) is 18.3. The SMILES string of the molecule is Cc1ccc(C2=C(N3CCc4ccccc43)C(=O)N(c3ccc(Cl)cc3C)C2=O)cc1C. The second kappa shape index (κ2) is 7.64. The van der Waals surface area contributed by atoms with E-state index in [-0.39, 0.29) is 11.8 Å². The van der Waals surface area contributed by atoms with Gasteiger partial charge in [0.05, 0.1) is 11.3 Å². The number of hydrogen-bond acceptors (Lipinski definition) is 3. The highest BCUT2D eigenvalue weighted by molar-refractivity contribution is 6.46. The number of aryl methyl sites for hydroxylation is 3. The minimum atomic E-state index is -0.303. The summed E-state index contributed by atoms with van der Waals surface area (Å²) in [5.41, 5.74) is 7.39. The van der Waals surface area contributed by atoms with Gasteiger partial charge in [-0.2, -0.15) is 0 Å². The van der Waals surface area contributed by atoms with Crippen LogP contribution in [0.2, 0.25) is 5.02 Å². The molecule has 5 rings (SSSR count). The Bertz CT molecular complexity index is 1320. The summed E-state index contributed by atoms with van der Waals surface area (Å²) in [5, 5.41) is 0.571. The maximum atomic E-state index is 13.9. The van der Waals surface area contributed by atoms with E-state index in [1.165, 1.54) is 10.5 Å². The fourth-order valence-electron chi connectivity index (χ4n) is 4.58. The van der Waals surface area contributed by atoms with Crippen LogP contribution >= 0.6 is 11.6 Å². The molecule has 3 aromatic rings. The van der Waals surface area contributed by atoms with Gasteiger partial charge in [-0.1, -0.05) is 48.0 Å². The summed E-state index contributed by atoms with van der Waals surface area (Å²) in [6, 6.07) is 19.2. The van der Waals surface area contributed by atoms with Gasteiger partial charge in [-0.15, -0.1) is 0 Å². The predicted molar refractivity (Wildman–Crippen MR) is 129 cm³/mol. The summed E-state index contributed by atoms with van der Waals surface area (Å²) >= 11 is 6.13. The van der Waals surface area contributed by atoms with Gasteiger partial charge in [0.1, 0.15) is 5.70 Å². The smallest absolute Gasteiger partial charge is 0.282 e. The number of benzene rings is 3. The number of carbonyl (C=O) groups is 2. The Labute approximate surface area is 192 Å². The number of fused-ring (bicyclic) bond motifs is 1. The molecule has 0 N–H and O–H groups in total. The van der Waals surface area contributed by atoms with E-state index in [4.69, 9.17) is 11.6 Å². The van der Waals surface area contributed by atoms with Gasteiger partial charge in [0, 0.05) is 17.3 Å². The fourth-order valence-corrected chi connectivity index (χ4v) is 4.81. The molecule has 0 aromatic heterocycles. The number of rotatable bonds is 3. The third-order valence-corrected chi connectivity index (χ3v) is 6.65. The number of amides is 2. The molecule has 2 aliphatic heterocycles. The first-order valence-corrected chi connectivity index (χ1v) is 11.1. The highest BCUT2D eigenvalue weighted by Gasteiger charge is 2.44. The van der Waals surface area contributed by atoms with E-state index in [1.807, 2.05) is 62.1 Å². The Kier molecular flexibility index (Phi) is 4.90. The summed E-state index contributed by atoms with van der Waals surface area (Å²) in [6.45, 7) is 6.58. The first kappa shape index (κ1) is 20.5. The molecule has 0 saturated heterocycles. The molecule has 0 atom stereocenters. The van der Waals surface area contributed by atoms with E-state index in [9.17, 15) is 9.59 Å². The normalized spacial score (nSPS) is 15.8. The van der Waals surface area contributed by atoms with Gasteiger partial charge in [0.15, 0.2) is 0 Å². The van der Waals surface area contributed by atoms with Crippen molar-refractivity contribution in [2.45, 2.75) is 27.2 Å². The Morgan fingerprint density at radius 2 is 1.56 bits per heavy atom. The lowest BCUT2D eigenvalue weighted by atomic mass is 9.99. The van der Waals surface area contributed by atoms with Crippen molar-refractivity contribution in [1.29, 1.82) is 0 Å². The van der Waals surface area contributed by atoms with Gasteiger partial charge in [-0.05, 0) is 79.3 Å². The van der Waals surface area contributed by atoms with Gasteiger partial charge in [0.2, 0.25) is 0 Å². The van der Waals surface area contributed by atoms with Crippen molar-refractivity contribution in [2.75, 3.05) is 16.3 Å². The zero-order chi connectivity index (χ0) is 22.6. The molecule has 0 bridgehead atoms. The van der Waals surface area contributed by atoms with Crippen molar-refractivity contribution in [1.82, 2.24) is 0 Å². The number of carbonyl (C=O) groups excluding carboxylic acids is 2. The van der Waals surface area contributed by atoms with E-state index in [1.54, 1.807) is 18.2 Å². The van der Waals surface area contributed by atoms with Crippen molar-refractivity contribution >= 4 is 40.4 Å². The molecule has 32 heavy (non-hydrogen) atoms. The van der Waals surface area contributed by atoms with Crippen molar-refractivity contribution in [3.05, 3.63) is 99.2 Å². The molecule has 3 aromatic carbocycles. The molecular formula is C27H23ClN2O2. The van der Waals surface area contributed by atoms with Crippen molar-refractivity contribution in [3.63, 3.8) is 0 Å². The van der Waals surface area contributed by atoms with Gasteiger partial charge >= 0.3 is 0 Å². The van der Waals surface area contributed by atoms with Crippen LogP contribution in [0.3, 0.4) is 0 Å². The summed E-state index contributed by atoms with van der Waals surface area (Å²) < 4.78 is 0. The Hall–Kier alpha value is -3.37. The maximum Gasteiger partial charge on any atom is 0.282 e. The number of halogens is 1. The molecule has 2 amide bonds. The van der Waals surface area contributed by atoms with E-state index >= 15 is 0 Å². The molecule has 0 radical (unpaired) electrons. The highest BCUT2D eigenvalue weighted by Crippen LogP contribution is 2.41. The van der Waals surface area contributed by atoms with E-state index in [2.05, 4.69) is 6.07 Å². The highest BCUT2D eigenvalue weighted by atomic mass is 35.5. The Morgan fingerprint density at radius 3 is 2.31 bits per heavy atom. The zero-order valence-corrected chi connectivity index (χ0v) is 19.0. The van der Waals surface area contributed by atoms with E-state index in [0.717, 1.165) is 34.4 Å². The van der Waals surface area contributed by atoms with Crippen molar-refractivity contribution in [3.8, 4) is 0 Å². The van der Waals surface area contributed by atoms with Crippen molar-refractivity contribution in [2.24, 2.45) is 0 Å². The number of imide groups is 1. The molecule has 5 heteroatoms. The number of anilines is 2. The van der Waals surface area contributed by atoms with Crippen LogP contribution in [-0.2, 0) is 16.0 Å². The molecule has 160 valence electrons. The first-order valence-electron chi connectivity index (χ1n) is 10.7. The lowest BCUT2D eigenvalue weighted by Gasteiger charge is -2.22. The monoisotopic (exact) mass is 442 g/mol. The first-order chi connectivity index (χ1) is 15.4. The molecule has 2 heterocycles. The lowest BCUT2D eigenvalue weighted by Crippen LogP contribution is -2.35. The van der Waals surface area contributed by atoms with Gasteiger partial charge < -0.3 is 4.90 Å². The topological polar surface area (TPSA) is 40.6 Å². The van der Waals surface area contributed by atoms with Crippen molar-refractivity contribution < 1.29 is 9.59 Å². The Balaban J connectivity index is 1.71. The molecule has 0 spiro atoms. The predicted octanol–water partition coefficient (Wildman–Crippen LogP) is 5.61. The minimum Gasteiger partial charge on any atom is -0.336 e. The van der Waals surface area contributed by atoms with Gasteiger partial charge in [-0.3, -0.25) is 9.59 Å². The third-order valence-electron chi connectivity index (χ3n) is 6.41. The Morgan fingerprint density at radius 1 is 0.781 bits per heavy atom. The van der Waals surface area contributed by atoms with Crippen LogP contribution in [0.25, 0.3) is 5.57 Å². The van der Waals surface area contributed by atoms with E-state index in [0.29, 0.717) is 28.5 Å². The molecule has 2 aliphatic rings.